The maximum atomic E-state index is 11.9. The molecule has 0 fully saturated rings. The van der Waals surface area contributed by atoms with Gasteiger partial charge in [0.05, 0.1) is 0 Å². The summed E-state index contributed by atoms with van der Waals surface area (Å²) in [5, 5.41) is 2.48. The molecule has 1 rings (SSSR count). The average molecular weight is 335 g/mol. The van der Waals surface area contributed by atoms with Crippen LogP contribution in [0.15, 0.2) is 33.6 Å². The van der Waals surface area contributed by atoms with E-state index in [-0.39, 0.29) is 4.90 Å². The van der Waals surface area contributed by atoms with E-state index in [0.717, 1.165) is 12.8 Å². The molecule has 0 spiro atoms. The summed E-state index contributed by atoms with van der Waals surface area (Å²) >= 11 is 3.13. The third-order valence-corrected chi connectivity index (χ3v) is 4.51. The minimum absolute atomic E-state index is 0.0376. The number of hydrogen-bond acceptors (Lipinski definition) is 3. The summed E-state index contributed by atoms with van der Waals surface area (Å²) in [6.45, 7) is 2.44. The highest BCUT2D eigenvalue weighted by Crippen LogP contribution is 2.20. The SMILES string of the molecule is CCCCNC(=O)NS(=O)(=O)c1ccccc1Br. The number of nitrogens with one attached hydrogen (secondary N) is 2. The summed E-state index contributed by atoms with van der Waals surface area (Å²) in [4.78, 5) is 11.4. The first-order chi connectivity index (χ1) is 8.47. The van der Waals surface area contributed by atoms with Gasteiger partial charge in [0, 0.05) is 11.0 Å². The molecule has 0 aliphatic rings. The Bertz CT molecular complexity index is 517. The lowest BCUT2D eigenvalue weighted by molar-refractivity contribution is 0.245. The van der Waals surface area contributed by atoms with Crippen molar-refractivity contribution in [1.82, 2.24) is 10.0 Å². The van der Waals surface area contributed by atoms with Crippen LogP contribution in [0.4, 0.5) is 4.79 Å². The van der Waals surface area contributed by atoms with Gasteiger partial charge in [-0.05, 0) is 34.5 Å². The van der Waals surface area contributed by atoms with Crippen molar-refractivity contribution in [2.45, 2.75) is 24.7 Å². The van der Waals surface area contributed by atoms with E-state index in [1.165, 1.54) is 6.07 Å². The van der Waals surface area contributed by atoms with Crippen molar-refractivity contribution < 1.29 is 13.2 Å². The molecule has 1 aromatic carbocycles. The first-order valence-electron chi connectivity index (χ1n) is 5.52. The Balaban J connectivity index is 2.71. The molecule has 18 heavy (non-hydrogen) atoms. The molecule has 0 aromatic heterocycles. The molecule has 0 heterocycles. The Morgan fingerprint density at radius 3 is 2.61 bits per heavy atom. The standard InChI is InChI=1S/C11H15BrN2O3S/c1-2-3-8-13-11(15)14-18(16,17)10-7-5-4-6-9(10)12/h4-7H,2-3,8H2,1H3,(H2,13,14,15). The Hall–Kier alpha value is -1.08. The highest BCUT2D eigenvalue weighted by Gasteiger charge is 2.19. The number of rotatable bonds is 5. The highest BCUT2D eigenvalue weighted by atomic mass is 79.9. The fourth-order valence-corrected chi connectivity index (χ4v) is 3.19. The molecule has 0 unspecified atom stereocenters. The van der Waals surface area contributed by atoms with Gasteiger partial charge in [-0.3, -0.25) is 0 Å². The number of sulfonamides is 1. The summed E-state index contributed by atoms with van der Waals surface area (Å²) < 4.78 is 26.2. The summed E-state index contributed by atoms with van der Waals surface area (Å²) in [7, 11) is -3.84. The summed E-state index contributed by atoms with van der Waals surface area (Å²) in [6.07, 6.45) is 1.74. The molecule has 7 heteroatoms. The second-order valence-electron chi connectivity index (χ2n) is 3.65. The molecule has 0 aliphatic carbocycles. The van der Waals surface area contributed by atoms with Crippen LogP contribution in [0.5, 0.6) is 0 Å². The van der Waals surface area contributed by atoms with Crippen LogP contribution in [0, 0.1) is 0 Å². The zero-order valence-electron chi connectivity index (χ0n) is 9.94. The van der Waals surface area contributed by atoms with Gasteiger partial charge in [-0.1, -0.05) is 25.5 Å². The van der Waals surface area contributed by atoms with Crippen molar-refractivity contribution in [2.75, 3.05) is 6.54 Å². The number of amides is 2. The van der Waals surface area contributed by atoms with Crippen LogP contribution in [0.3, 0.4) is 0 Å². The van der Waals surface area contributed by atoms with Gasteiger partial charge in [0.15, 0.2) is 0 Å². The topological polar surface area (TPSA) is 75.3 Å². The van der Waals surface area contributed by atoms with Gasteiger partial charge in [0.2, 0.25) is 0 Å². The van der Waals surface area contributed by atoms with Crippen LogP contribution in [0.1, 0.15) is 19.8 Å². The van der Waals surface area contributed by atoms with Crippen LogP contribution >= 0.6 is 15.9 Å². The van der Waals surface area contributed by atoms with E-state index in [9.17, 15) is 13.2 Å². The molecular weight excluding hydrogens is 320 g/mol. The van der Waals surface area contributed by atoms with E-state index in [2.05, 4.69) is 21.2 Å². The van der Waals surface area contributed by atoms with Crippen molar-refractivity contribution in [3.8, 4) is 0 Å². The number of halogens is 1. The molecule has 0 saturated heterocycles. The van der Waals surface area contributed by atoms with Crippen molar-refractivity contribution in [3.63, 3.8) is 0 Å². The summed E-state index contributed by atoms with van der Waals surface area (Å²) in [5.41, 5.74) is 0. The van der Waals surface area contributed by atoms with Crippen molar-refractivity contribution >= 4 is 32.0 Å². The van der Waals surface area contributed by atoms with Gasteiger partial charge in [0.1, 0.15) is 4.90 Å². The van der Waals surface area contributed by atoms with Gasteiger partial charge in [-0.2, -0.15) is 0 Å². The van der Waals surface area contributed by atoms with E-state index in [1.54, 1.807) is 18.2 Å². The molecule has 100 valence electrons. The average Bonchev–Trinajstić information content (AvgIpc) is 2.29. The fourth-order valence-electron chi connectivity index (χ4n) is 1.25. The van der Waals surface area contributed by atoms with Gasteiger partial charge < -0.3 is 5.32 Å². The van der Waals surface area contributed by atoms with Gasteiger partial charge >= 0.3 is 6.03 Å². The van der Waals surface area contributed by atoms with Crippen LogP contribution in [0.2, 0.25) is 0 Å². The number of benzene rings is 1. The molecule has 0 saturated carbocycles. The highest BCUT2D eigenvalue weighted by molar-refractivity contribution is 9.10. The van der Waals surface area contributed by atoms with Crippen LogP contribution in [0.25, 0.3) is 0 Å². The number of hydrogen-bond donors (Lipinski definition) is 2. The number of unbranched alkanes of at least 4 members (excludes halogenated alkanes) is 1. The normalized spacial score (nSPS) is 11.0. The van der Waals surface area contributed by atoms with Gasteiger partial charge in [-0.15, -0.1) is 0 Å². The van der Waals surface area contributed by atoms with E-state index in [4.69, 9.17) is 0 Å². The Labute approximate surface area is 115 Å². The van der Waals surface area contributed by atoms with Crippen molar-refractivity contribution in [2.24, 2.45) is 0 Å². The maximum absolute atomic E-state index is 11.9. The van der Waals surface area contributed by atoms with Gasteiger partial charge in [-0.25, -0.2) is 17.9 Å². The number of carbonyl (C=O) groups excluding carboxylic acids is 1. The molecular formula is C11H15BrN2O3S. The zero-order chi connectivity index (χ0) is 13.6. The predicted molar refractivity (Wildman–Crippen MR) is 72.8 cm³/mol. The fraction of sp³-hybridized carbons (Fsp3) is 0.364. The third-order valence-electron chi connectivity index (χ3n) is 2.17. The van der Waals surface area contributed by atoms with Gasteiger partial charge in [0.25, 0.3) is 10.0 Å². The molecule has 0 atom stereocenters. The summed E-state index contributed by atoms with van der Waals surface area (Å²) in [6, 6.07) is 5.60. The molecule has 0 aliphatic heterocycles. The lowest BCUT2D eigenvalue weighted by atomic mass is 10.3. The zero-order valence-corrected chi connectivity index (χ0v) is 12.3. The van der Waals surface area contributed by atoms with Crippen LogP contribution < -0.4 is 10.0 Å². The minimum Gasteiger partial charge on any atom is -0.337 e. The smallest absolute Gasteiger partial charge is 0.328 e. The lowest BCUT2D eigenvalue weighted by Crippen LogP contribution is -2.39. The first kappa shape index (κ1) is 15.0. The maximum Gasteiger partial charge on any atom is 0.328 e. The van der Waals surface area contributed by atoms with E-state index >= 15 is 0 Å². The summed E-state index contributed by atoms with van der Waals surface area (Å²) in [5.74, 6) is 0. The third kappa shape index (κ3) is 4.30. The minimum atomic E-state index is -3.84. The Morgan fingerprint density at radius 1 is 1.33 bits per heavy atom. The van der Waals surface area contributed by atoms with E-state index < -0.39 is 16.1 Å². The quantitative estimate of drug-likeness (QED) is 0.811. The van der Waals surface area contributed by atoms with E-state index in [1.807, 2.05) is 11.6 Å². The second kappa shape index (κ2) is 6.75. The molecule has 1 aromatic rings. The number of urea groups is 1. The molecule has 5 nitrogen and oxygen atoms in total. The monoisotopic (exact) mass is 334 g/mol. The largest absolute Gasteiger partial charge is 0.337 e. The predicted octanol–water partition coefficient (Wildman–Crippen LogP) is 2.24. The first-order valence-corrected chi connectivity index (χ1v) is 7.80. The molecule has 0 radical (unpaired) electrons. The lowest BCUT2D eigenvalue weighted by Gasteiger charge is -2.09. The number of carbonyl (C=O) groups is 1. The second-order valence-corrected chi connectivity index (χ2v) is 6.15. The molecule has 2 amide bonds. The molecule has 2 N–H and O–H groups in total. The van der Waals surface area contributed by atoms with Crippen LogP contribution in [-0.4, -0.2) is 21.0 Å². The Kier molecular flexibility index (Phi) is 5.61. The van der Waals surface area contributed by atoms with Crippen molar-refractivity contribution in [1.29, 1.82) is 0 Å². The Morgan fingerprint density at radius 2 is 2.00 bits per heavy atom. The molecule has 0 bridgehead atoms. The van der Waals surface area contributed by atoms with Crippen molar-refractivity contribution in [3.05, 3.63) is 28.7 Å². The van der Waals surface area contributed by atoms with Crippen LogP contribution in [-0.2, 0) is 10.0 Å². The van der Waals surface area contributed by atoms with E-state index in [0.29, 0.717) is 11.0 Å².